The summed E-state index contributed by atoms with van der Waals surface area (Å²) < 4.78 is 0. The SMILES string of the molecule is CCCNC(C)c1ccccc1N1CC2(CC2)C1. The molecule has 1 aliphatic heterocycles. The van der Waals surface area contributed by atoms with Gasteiger partial charge in [0.1, 0.15) is 0 Å². The largest absolute Gasteiger partial charge is 0.370 e. The van der Waals surface area contributed by atoms with Crippen molar-refractivity contribution in [3.8, 4) is 0 Å². The van der Waals surface area contributed by atoms with E-state index in [1.54, 1.807) is 0 Å². The maximum absolute atomic E-state index is 3.60. The Morgan fingerprint density at radius 2 is 2.00 bits per heavy atom. The lowest BCUT2D eigenvalue weighted by Gasteiger charge is -2.43. The maximum Gasteiger partial charge on any atom is 0.0415 e. The summed E-state index contributed by atoms with van der Waals surface area (Å²) in [6.45, 7) is 8.16. The molecule has 1 saturated heterocycles. The molecule has 1 N–H and O–H groups in total. The van der Waals surface area contributed by atoms with Crippen LogP contribution in [0, 0.1) is 5.41 Å². The normalized spacial score (nSPS) is 21.8. The van der Waals surface area contributed by atoms with Gasteiger partial charge in [0.2, 0.25) is 0 Å². The van der Waals surface area contributed by atoms with Crippen LogP contribution >= 0.6 is 0 Å². The van der Waals surface area contributed by atoms with E-state index in [2.05, 4.69) is 48.3 Å². The summed E-state index contributed by atoms with van der Waals surface area (Å²) in [7, 11) is 0. The number of benzene rings is 1. The number of para-hydroxylation sites is 1. The first kappa shape index (κ1) is 12.0. The van der Waals surface area contributed by atoms with Gasteiger partial charge in [0.15, 0.2) is 0 Å². The van der Waals surface area contributed by atoms with Crippen molar-refractivity contribution in [1.82, 2.24) is 5.32 Å². The molecule has 1 heterocycles. The molecule has 0 radical (unpaired) electrons. The highest BCUT2D eigenvalue weighted by Crippen LogP contribution is 2.54. The lowest BCUT2D eigenvalue weighted by molar-refractivity contribution is 0.385. The fraction of sp³-hybridized carbons (Fsp3) is 0.625. The molecule has 2 heteroatoms. The van der Waals surface area contributed by atoms with Crippen LogP contribution in [0.25, 0.3) is 0 Å². The molecule has 1 unspecified atom stereocenters. The Hall–Kier alpha value is -1.02. The third-order valence-corrected chi connectivity index (χ3v) is 4.45. The van der Waals surface area contributed by atoms with E-state index in [0.717, 1.165) is 12.0 Å². The second-order valence-electron chi connectivity index (χ2n) is 6.09. The summed E-state index contributed by atoms with van der Waals surface area (Å²) in [5.74, 6) is 0. The quantitative estimate of drug-likeness (QED) is 0.854. The minimum atomic E-state index is 0.455. The van der Waals surface area contributed by atoms with Crippen LogP contribution in [-0.4, -0.2) is 19.6 Å². The summed E-state index contributed by atoms with van der Waals surface area (Å²) in [5.41, 5.74) is 3.64. The zero-order chi connectivity index (χ0) is 12.6. The number of nitrogens with one attached hydrogen (secondary N) is 1. The number of rotatable bonds is 5. The summed E-state index contributed by atoms with van der Waals surface area (Å²) in [6.07, 6.45) is 4.10. The first-order chi connectivity index (χ1) is 8.74. The van der Waals surface area contributed by atoms with Crippen molar-refractivity contribution < 1.29 is 0 Å². The van der Waals surface area contributed by atoms with Crippen LogP contribution in [0.15, 0.2) is 24.3 Å². The van der Waals surface area contributed by atoms with Gasteiger partial charge in [-0.3, -0.25) is 0 Å². The minimum absolute atomic E-state index is 0.455. The molecule has 1 spiro atoms. The van der Waals surface area contributed by atoms with Crippen LogP contribution in [0.4, 0.5) is 5.69 Å². The van der Waals surface area contributed by atoms with Crippen molar-refractivity contribution in [2.24, 2.45) is 5.41 Å². The van der Waals surface area contributed by atoms with Gasteiger partial charge in [0.25, 0.3) is 0 Å². The Balaban J connectivity index is 1.73. The second kappa shape index (κ2) is 4.58. The van der Waals surface area contributed by atoms with Gasteiger partial charge in [0.05, 0.1) is 0 Å². The average molecular weight is 244 g/mol. The van der Waals surface area contributed by atoms with E-state index in [1.807, 2.05) is 0 Å². The van der Waals surface area contributed by atoms with Gasteiger partial charge in [-0.25, -0.2) is 0 Å². The Bertz CT molecular complexity index is 415. The fourth-order valence-corrected chi connectivity index (χ4v) is 3.04. The summed E-state index contributed by atoms with van der Waals surface area (Å²) in [5, 5.41) is 3.60. The zero-order valence-corrected chi connectivity index (χ0v) is 11.6. The Labute approximate surface area is 110 Å². The molecule has 0 amide bonds. The van der Waals surface area contributed by atoms with Crippen LogP contribution < -0.4 is 10.2 Å². The summed E-state index contributed by atoms with van der Waals surface area (Å²) >= 11 is 0. The molecule has 1 saturated carbocycles. The molecule has 1 aliphatic carbocycles. The number of nitrogens with zero attached hydrogens (tertiary/aromatic N) is 1. The van der Waals surface area contributed by atoms with Crippen LogP contribution in [0.5, 0.6) is 0 Å². The van der Waals surface area contributed by atoms with Gasteiger partial charge >= 0.3 is 0 Å². The maximum atomic E-state index is 3.60. The second-order valence-corrected chi connectivity index (χ2v) is 6.09. The molecule has 2 aliphatic rings. The number of hydrogen-bond acceptors (Lipinski definition) is 2. The predicted molar refractivity (Wildman–Crippen MR) is 77.0 cm³/mol. The van der Waals surface area contributed by atoms with Crippen LogP contribution in [-0.2, 0) is 0 Å². The lowest BCUT2D eigenvalue weighted by Crippen LogP contribution is -2.49. The molecule has 0 aromatic heterocycles. The van der Waals surface area contributed by atoms with Crippen molar-refractivity contribution >= 4 is 5.69 Å². The van der Waals surface area contributed by atoms with Crippen LogP contribution in [0.3, 0.4) is 0 Å². The molecule has 2 nitrogen and oxygen atoms in total. The van der Waals surface area contributed by atoms with Gasteiger partial charge in [-0.1, -0.05) is 25.1 Å². The van der Waals surface area contributed by atoms with E-state index in [-0.39, 0.29) is 0 Å². The third-order valence-electron chi connectivity index (χ3n) is 4.45. The monoisotopic (exact) mass is 244 g/mol. The Kier molecular flexibility index (Phi) is 3.06. The smallest absolute Gasteiger partial charge is 0.0415 e. The molecule has 1 aromatic carbocycles. The molecular weight excluding hydrogens is 220 g/mol. The van der Waals surface area contributed by atoms with E-state index in [1.165, 1.54) is 43.6 Å². The molecular formula is C16H24N2. The fourth-order valence-electron chi connectivity index (χ4n) is 3.04. The Morgan fingerprint density at radius 3 is 2.67 bits per heavy atom. The van der Waals surface area contributed by atoms with Gasteiger partial charge < -0.3 is 10.2 Å². The van der Waals surface area contributed by atoms with Crippen molar-refractivity contribution in [2.75, 3.05) is 24.5 Å². The molecule has 1 atom stereocenters. The standard InChI is InChI=1S/C16H24N2/c1-3-10-17-13(2)14-6-4-5-7-15(14)18-11-16(12-18)8-9-16/h4-7,13,17H,3,8-12H2,1-2H3. The molecule has 18 heavy (non-hydrogen) atoms. The first-order valence-corrected chi connectivity index (χ1v) is 7.31. The average Bonchev–Trinajstić information content (AvgIpc) is 3.14. The minimum Gasteiger partial charge on any atom is -0.370 e. The van der Waals surface area contributed by atoms with Crippen molar-refractivity contribution in [2.45, 2.75) is 39.2 Å². The van der Waals surface area contributed by atoms with E-state index in [4.69, 9.17) is 0 Å². The van der Waals surface area contributed by atoms with Gasteiger partial charge in [-0.15, -0.1) is 0 Å². The van der Waals surface area contributed by atoms with E-state index < -0.39 is 0 Å². The molecule has 98 valence electrons. The topological polar surface area (TPSA) is 15.3 Å². The van der Waals surface area contributed by atoms with Gasteiger partial charge in [-0.05, 0) is 44.4 Å². The van der Waals surface area contributed by atoms with E-state index in [9.17, 15) is 0 Å². The third kappa shape index (κ3) is 2.14. The van der Waals surface area contributed by atoms with Crippen LogP contribution in [0.1, 0.15) is 44.7 Å². The highest BCUT2D eigenvalue weighted by Gasteiger charge is 2.52. The van der Waals surface area contributed by atoms with Crippen LogP contribution in [0.2, 0.25) is 0 Å². The Morgan fingerprint density at radius 1 is 1.28 bits per heavy atom. The molecule has 2 fully saturated rings. The van der Waals surface area contributed by atoms with E-state index in [0.29, 0.717) is 6.04 Å². The van der Waals surface area contributed by atoms with Crippen molar-refractivity contribution in [3.05, 3.63) is 29.8 Å². The van der Waals surface area contributed by atoms with E-state index >= 15 is 0 Å². The summed E-state index contributed by atoms with van der Waals surface area (Å²) in [4.78, 5) is 2.56. The lowest BCUT2D eigenvalue weighted by atomic mass is 9.93. The summed E-state index contributed by atoms with van der Waals surface area (Å²) in [6, 6.07) is 9.35. The van der Waals surface area contributed by atoms with Gasteiger partial charge in [-0.2, -0.15) is 0 Å². The first-order valence-electron chi connectivity index (χ1n) is 7.31. The van der Waals surface area contributed by atoms with Crippen molar-refractivity contribution in [1.29, 1.82) is 0 Å². The van der Waals surface area contributed by atoms with Gasteiger partial charge in [0, 0.05) is 30.2 Å². The number of anilines is 1. The van der Waals surface area contributed by atoms with Crippen molar-refractivity contribution in [3.63, 3.8) is 0 Å². The highest BCUT2D eigenvalue weighted by molar-refractivity contribution is 5.58. The molecule has 1 aromatic rings. The molecule has 3 rings (SSSR count). The zero-order valence-electron chi connectivity index (χ0n) is 11.6. The predicted octanol–water partition coefficient (Wildman–Crippen LogP) is 3.35. The highest BCUT2D eigenvalue weighted by atomic mass is 15.2. The number of hydrogen-bond donors (Lipinski definition) is 1. The molecule has 0 bridgehead atoms.